The number of aryl methyl sites for hydroxylation is 1. The lowest BCUT2D eigenvalue weighted by molar-refractivity contribution is 0.583. The summed E-state index contributed by atoms with van der Waals surface area (Å²) in [7, 11) is 0. The average molecular weight is 248 g/mol. The van der Waals surface area contributed by atoms with Gasteiger partial charge in [0.1, 0.15) is 0 Å². The summed E-state index contributed by atoms with van der Waals surface area (Å²) in [6, 6.07) is 7.23. The van der Waals surface area contributed by atoms with Crippen LogP contribution in [0.15, 0.2) is 35.4 Å². The van der Waals surface area contributed by atoms with E-state index in [1.54, 1.807) is 18.0 Å². The van der Waals surface area contributed by atoms with Crippen molar-refractivity contribution >= 4 is 17.4 Å². The van der Waals surface area contributed by atoms with E-state index < -0.39 is 5.95 Å². The lowest BCUT2D eigenvalue weighted by atomic mass is 10.0. The molecule has 0 spiro atoms. The molecule has 88 valence electrons. The van der Waals surface area contributed by atoms with Gasteiger partial charge in [-0.05, 0) is 42.5 Å². The van der Waals surface area contributed by atoms with E-state index in [0.717, 1.165) is 27.3 Å². The van der Waals surface area contributed by atoms with E-state index in [9.17, 15) is 4.39 Å². The highest BCUT2D eigenvalue weighted by Crippen LogP contribution is 2.30. The minimum absolute atomic E-state index is 0.452. The second kappa shape index (κ2) is 4.75. The fourth-order valence-electron chi connectivity index (χ4n) is 1.70. The van der Waals surface area contributed by atoms with Crippen molar-refractivity contribution in [3.63, 3.8) is 0 Å². The maximum absolute atomic E-state index is 12.9. The largest absolute Gasteiger partial charge is 0.398 e. The number of hydrogen-bond donors (Lipinski definition) is 1. The molecule has 0 saturated heterocycles. The van der Waals surface area contributed by atoms with Crippen LogP contribution in [0.25, 0.3) is 11.1 Å². The van der Waals surface area contributed by atoms with Crippen LogP contribution < -0.4 is 5.73 Å². The molecule has 0 saturated carbocycles. The number of aromatic nitrogens is 1. The second-order valence-corrected chi connectivity index (χ2v) is 4.63. The first-order chi connectivity index (χ1) is 8.11. The van der Waals surface area contributed by atoms with Gasteiger partial charge in [0, 0.05) is 22.3 Å². The molecule has 0 aliphatic heterocycles. The third kappa shape index (κ3) is 2.42. The Morgan fingerprint density at radius 1 is 1.29 bits per heavy atom. The van der Waals surface area contributed by atoms with E-state index >= 15 is 0 Å². The Kier molecular flexibility index (Phi) is 3.33. The summed E-state index contributed by atoms with van der Waals surface area (Å²) in [4.78, 5) is 4.71. The Labute approximate surface area is 104 Å². The van der Waals surface area contributed by atoms with Crippen LogP contribution in [0.2, 0.25) is 0 Å². The summed E-state index contributed by atoms with van der Waals surface area (Å²) in [5.74, 6) is -0.452. The van der Waals surface area contributed by atoms with Crippen LogP contribution >= 0.6 is 11.8 Å². The fraction of sp³-hybridized carbons (Fsp3) is 0.154. The van der Waals surface area contributed by atoms with Gasteiger partial charge in [-0.25, -0.2) is 4.98 Å². The number of nitrogens with two attached hydrogens (primary N) is 1. The van der Waals surface area contributed by atoms with Gasteiger partial charge in [-0.2, -0.15) is 4.39 Å². The average Bonchev–Trinajstić information content (AvgIpc) is 2.30. The molecular formula is C13H13FN2S. The quantitative estimate of drug-likeness (QED) is 0.502. The molecule has 1 aromatic heterocycles. The number of rotatable bonds is 2. The summed E-state index contributed by atoms with van der Waals surface area (Å²) in [5, 5.41) is 0. The van der Waals surface area contributed by atoms with Crippen LogP contribution in [0.3, 0.4) is 0 Å². The molecule has 0 atom stereocenters. The lowest BCUT2D eigenvalue weighted by Gasteiger charge is -2.08. The Morgan fingerprint density at radius 2 is 2.06 bits per heavy atom. The number of thioether (sulfide) groups is 1. The minimum atomic E-state index is -0.452. The maximum atomic E-state index is 12.9. The van der Waals surface area contributed by atoms with E-state index in [1.807, 2.05) is 31.4 Å². The molecule has 0 amide bonds. The Hall–Kier alpha value is -1.55. The van der Waals surface area contributed by atoms with Gasteiger partial charge in [-0.15, -0.1) is 11.8 Å². The second-order valence-electron chi connectivity index (χ2n) is 3.78. The standard InChI is InChI=1S/C13H13FN2S/c1-8-5-13(14)16-7-10(8)9-3-4-11(15)12(6-9)17-2/h3-7H,15H2,1-2H3. The molecule has 0 fully saturated rings. The predicted octanol–water partition coefficient (Wildman–Crippen LogP) is 3.50. The van der Waals surface area contributed by atoms with E-state index in [2.05, 4.69) is 4.98 Å². The van der Waals surface area contributed by atoms with Gasteiger partial charge < -0.3 is 5.73 Å². The lowest BCUT2D eigenvalue weighted by Crippen LogP contribution is -1.92. The zero-order chi connectivity index (χ0) is 12.4. The van der Waals surface area contributed by atoms with Crippen LogP contribution in [0.5, 0.6) is 0 Å². The Balaban J connectivity index is 2.53. The molecule has 17 heavy (non-hydrogen) atoms. The number of benzene rings is 1. The van der Waals surface area contributed by atoms with Crippen LogP contribution in [0.1, 0.15) is 5.56 Å². The molecule has 2 rings (SSSR count). The predicted molar refractivity (Wildman–Crippen MR) is 70.6 cm³/mol. The molecule has 0 aliphatic rings. The van der Waals surface area contributed by atoms with Crippen molar-refractivity contribution in [1.82, 2.24) is 4.98 Å². The summed E-state index contributed by atoms with van der Waals surface area (Å²) in [6.45, 7) is 1.87. The highest BCUT2D eigenvalue weighted by molar-refractivity contribution is 7.98. The number of halogens is 1. The summed E-state index contributed by atoms with van der Waals surface area (Å²) in [6.07, 6.45) is 3.53. The van der Waals surface area contributed by atoms with Gasteiger partial charge in [-0.1, -0.05) is 6.07 Å². The number of nitrogen functional groups attached to an aromatic ring is 1. The molecule has 0 aliphatic carbocycles. The first kappa shape index (κ1) is 11.9. The maximum Gasteiger partial charge on any atom is 0.213 e. The van der Waals surface area contributed by atoms with Gasteiger partial charge in [-0.3, -0.25) is 0 Å². The molecule has 2 aromatic rings. The molecule has 0 radical (unpaired) electrons. The van der Waals surface area contributed by atoms with Gasteiger partial charge in [0.2, 0.25) is 5.95 Å². The van der Waals surface area contributed by atoms with E-state index in [0.29, 0.717) is 0 Å². The monoisotopic (exact) mass is 248 g/mol. The summed E-state index contributed by atoms with van der Waals surface area (Å²) >= 11 is 1.59. The van der Waals surface area contributed by atoms with E-state index in [1.165, 1.54) is 6.07 Å². The van der Waals surface area contributed by atoms with Crippen molar-refractivity contribution in [2.45, 2.75) is 11.8 Å². The Morgan fingerprint density at radius 3 is 2.71 bits per heavy atom. The van der Waals surface area contributed by atoms with E-state index in [4.69, 9.17) is 5.73 Å². The highest BCUT2D eigenvalue weighted by atomic mass is 32.2. The van der Waals surface area contributed by atoms with E-state index in [-0.39, 0.29) is 0 Å². The molecular weight excluding hydrogens is 235 g/mol. The van der Waals surface area contributed by atoms with Crippen LogP contribution in [0, 0.1) is 12.9 Å². The Bertz CT molecular complexity index is 555. The summed E-state index contributed by atoms with van der Waals surface area (Å²) < 4.78 is 12.9. The topological polar surface area (TPSA) is 38.9 Å². The third-order valence-electron chi connectivity index (χ3n) is 2.62. The van der Waals surface area contributed by atoms with Crippen molar-refractivity contribution in [2.24, 2.45) is 0 Å². The smallest absolute Gasteiger partial charge is 0.213 e. The number of pyridine rings is 1. The third-order valence-corrected chi connectivity index (χ3v) is 3.42. The molecule has 1 aromatic carbocycles. The van der Waals surface area contributed by atoms with Crippen molar-refractivity contribution in [3.05, 3.63) is 42.0 Å². The highest BCUT2D eigenvalue weighted by Gasteiger charge is 2.06. The van der Waals surface area contributed by atoms with Crippen LogP contribution in [0.4, 0.5) is 10.1 Å². The summed E-state index contributed by atoms with van der Waals surface area (Å²) in [5.41, 5.74) is 9.41. The zero-order valence-corrected chi connectivity index (χ0v) is 10.5. The molecule has 1 heterocycles. The van der Waals surface area contributed by atoms with Crippen molar-refractivity contribution in [2.75, 3.05) is 12.0 Å². The molecule has 2 nitrogen and oxygen atoms in total. The van der Waals surface area contributed by atoms with Gasteiger partial charge in [0.05, 0.1) is 0 Å². The van der Waals surface area contributed by atoms with Gasteiger partial charge in [0.15, 0.2) is 0 Å². The first-order valence-corrected chi connectivity index (χ1v) is 6.40. The van der Waals surface area contributed by atoms with Crippen molar-refractivity contribution < 1.29 is 4.39 Å². The van der Waals surface area contributed by atoms with Crippen LogP contribution in [-0.2, 0) is 0 Å². The molecule has 0 bridgehead atoms. The van der Waals surface area contributed by atoms with Crippen LogP contribution in [-0.4, -0.2) is 11.2 Å². The van der Waals surface area contributed by atoms with Crippen molar-refractivity contribution in [1.29, 1.82) is 0 Å². The molecule has 4 heteroatoms. The fourth-order valence-corrected chi connectivity index (χ4v) is 2.25. The molecule has 2 N–H and O–H groups in total. The molecule has 0 unspecified atom stereocenters. The normalized spacial score (nSPS) is 10.5. The first-order valence-electron chi connectivity index (χ1n) is 5.18. The number of anilines is 1. The van der Waals surface area contributed by atoms with Crippen molar-refractivity contribution in [3.8, 4) is 11.1 Å². The zero-order valence-electron chi connectivity index (χ0n) is 9.70. The van der Waals surface area contributed by atoms with Gasteiger partial charge >= 0.3 is 0 Å². The number of nitrogens with zero attached hydrogens (tertiary/aromatic N) is 1. The number of hydrogen-bond acceptors (Lipinski definition) is 3. The SMILES string of the molecule is CSc1cc(-c2cnc(F)cc2C)ccc1N. The minimum Gasteiger partial charge on any atom is -0.398 e. The van der Waals surface area contributed by atoms with Gasteiger partial charge in [0.25, 0.3) is 0 Å².